The standard InChI is InChI=1S/C14H17BF4N2O2/c16-13(17)3-1-8(2-4-13)11-10(15(22)23)7-20-12(21-11)9-5-14(18,19)6-9/h7-9,22-23H,1-6H2. The topological polar surface area (TPSA) is 66.2 Å². The molecule has 3 rings (SSSR count). The molecule has 1 heterocycles. The number of hydrogen-bond acceptors (Lipinski definition) is 4. The van der Waals surface area contributed by atoms with E-state index < -0.39 is 24.9 Å². The van der Waals surface area contributed by atoms with Crippen molar-refractivity contribution in [1.29, 1.82) is 0 Å². The van der Waals surface area contributed by atoms with E-state index in [1.54, 1.807) is 0 Å². The normalized spacial score (nSPS) is 24.3. The van der Waals surface area contributed by atoms with Crippen LogP contribution in [0.3, 0.4) is 0 Å². The van der Waals surface area contributed by atoms with Crippen molar-refractivity contribution in [2.75, 3.05) is 0 Å². The van der Waals surface area contributed by atoms with Crippen LogP contribution in [0.5, 0.6) is 0 Å². The van der Waals surface area contributed by atoms with Crippen LogP contribution in [0.1, 0.15) is 61.9 Å². The zero-order chi connectivity index (χ0) is 16.8. The number of aromatic nitrogens is 2. The summed E-state index contributed by atoms with van der Waals surface area (Å²) in [6, 6.07) is 0. The second-order valence-electron chi connectivity index (χ2n) is 6.53. The van der Waals surface area contributed by atoms with Gasteiger partial charge in [-0.1, -0.05) is 0 Å². The Kier molecular flexibility index (Phi) is 4.12. The van der Waals surface area contributed by atoms with Gasteiger partial charge in [-0.05, 0) is 12.8 Å². The van der Waals surface area contributed by atoms with Crippen molar-refractivity contribution in [3.63, 3.8) is 0 Å². The molecule has 0 aliphatic heterocycles. The Morgan fingerprint density at radius 1 is 1.00 bits per heavy atom. The predicted octanol–water partition coefficient (Wildman–Crippen LogP) is 1.96. The molecule has 1 aromatic rings. The van der Waals surface area contributed by atoms with Gasteiger partial charge in [0.1, 0.15) is 5.82 Å². The zero-order valence-corrected chi connectivity index (χ0v) is 12.4. The molecule has 0 bridgehead atoms. The molecule has 1 aromatic heterocycles. The van der Waals surface area contributed by atoms with Gasteiger partial charge in [0.2, 0.25) is 11.8 Å². The number of halogens is 4. The highest BCUT2D eigenvalue weighted by molar-refractivity contribution is 6.59. The lowest BCUT2D eigenvalue weighted by Gasteiger charge is -2.34. The van der Waals surface area contributed by atoms with Crippen molar-refractivity contribution >= 4 is 12.6 Å². The monoisotopic (exact) mass is 332 g/mol. The molecule has 0 aromatic carbocycles. The largest absolute Gasteiger partial charge is 0.491 e. The second kappa shape index (κ2) is 5.70. The van der Waals surface area contributed by atoms with Gasteiger partial charge >= 0.3 is 7.12 Å². The van der Waals surface area contributed by atoms with Crippen LogP contribution in [-0.2, 0) is 0 Å². The lowest BCUT2D eigenvalue weighted by atomic mass is 9.73. The van der Waals surface area contributed by atoms with Crippen LogP contribution in [0.15, 0.2) is 6.20 Å². The fourth-order valence-corrected chi connectivity index (χ4v) is 3.30. The highest BCUT2D eigenvalue weighted by Gasteiger charge is 2.47. The SMILES string of the molecule is OB(O)c1cnc(C2CC(F)(F)C2)nc1C1CCC(F)(F)CC1. The molecule has 2 fully saturated rings. The Bertz CT molecular complexity index is 582. The molecular formula is C14H17BF4N2O2. The van der Waals surface area contributed by atoms with Crippen LogP contribution in [0.2, 0.25) is 0 Å². The lowest BCUT2D eigenvalue weighted by Crippen LogP contribution is -2.39. The van der Waals surface area contributed by atoms with Crippen LogP contribution in [0.4, 0.5) is 17.6 Å². The molecule has 0 atom stereocenters. The third kappa shape index (κ3) is 3.50. The van der Waals surface area contributed by atoms with Crippen LogP contribution in [-0.4, -0.2) is 39.0 Å². The van der Waals surface area contributed by atoms with Crippen molar-refractivity contribution in [1.82, 2.24) is 9.97 Å². The first kappa shape index (κ1) is 16.6. The van der Waals surface area contributed by atoms with Gasteiger partial charge in [-0.3, -0.25) is 0 Å². The molecular weight excluding hydrogens is 315 g/mol. The average molecular weight is 332 g/mol. The molecule has 4 nitrogen and oxygen atoms in total. The van der Waals surface area contributed by atoms with Crippen LogP contribution >= 0.6 is 0 Å². The number of alkyl halides is 4. The quantitative estimate of drug-likeness (QED) is 0.656. The molecule has 126 valence electrons. The third-order valence-corrected chi connectivity index (χ3v) is 4.70. The smallest absolute Gasteiger partial charge is 0.423 e. The fraction of sp³-hybridized carbons (Fsp3) is 0.714. The van der Waals surface area contributed by atoms with Crippen molar-refractivity contribution in [3.8, 4) is 0 Å². The van der Waals surface area contributed by atoms with E-state index in [0.717, 1.165) is 0 Å². The maximum Gasteiger partial charge on any atom is 0.491 e. The number of hydrogen-bond donors (Lipinski definition) is 2. The summed E-state index contributed by atoms with van der Waals surface area (Å²) >= 11 is 0. The van der Waals surface area contributed by atoms with Gasteiger partial charge in [0.25, 0.3) is 0 Å². The summed E-state index contributed by atoms with van der Waals surface area (Å²) in [5, 5.41) is 18.9. The summed E-state index contributed by atoms with van der Waals surface area (Å²) < 4.78 is 52.6. The number of rotatable bonds is 3. The van der Waals surface area contributed by atoms with Gasteiger partial charge in [-0.2, -0.15) is 0 Å². The van der Waals surface area contributed by atoms with Gasteiger partial charge < -0.3 is 10.0 Å². The Labute approximate surface area is 131 Å². The third-order valence-electron chi connectivity index (χ3n) is 4.70. The first-order chi connectivity index (χ1) is 10.7. The summed E-state index contributed by atoms with van der Waals surface area (Å²) in [6.45, 7) is 0. The highest BCUT2D eigenvalue weighted by Crippen LogP contribution is 2.47. The molecule has 0 amide bonds. The Hall–Kier alpha value is -1.22. The minimum atomic E-state index is -2.71. The molecule has 0 saturated heterocycles. The second-order valence-corrected chi connectivity index (χ2v) is 6.53. The molecule has 9 heteroatoms. The molecule has 2 saturated carbocycles. The van der Waals surface area contributed by atoms with Gasteiger partial charge in [0, 0.05) is 54.9 Å². The van der Waals surface area contributed by atoms with E-state index in [-0.39, 0.29) is 55.7 Å². The first-order valence-corrected chi connectivity index (χ1v) is 7.65. The van der Waals surface area contributed by atoms with Crippen molar-refractivity contribution in [2.45, 2.75) is 62.2 Å². The average Bonchev–Trinajstić information content (AvgIpc) is 2.44. The molecule has 0 spiro atoms. The minimum absolute atomic E-state index is 0.0649. The maximum atomic E-state index is 13.3. The van der Waals surface area contributed by atoms with Gasteiger partial charge in [-0.25, -0.2) is 27.5 Å². The highest BCUT2D eigenvalue weighted by atomic mass is 19.3. The predicted molar refractivity (Wildman–Crippen MR) is 74.9 cm³/mol. The molecule has 2 aliphatic carbocycles. The van der Waals surface area contributed by atoms with Crippen LogP contribution in [0.25, 0.3) is 0 Å². The Balaban J connectivity index is 1.84. The maximum absolute atomic E-state index is 13.3. The Morgan fingerprint density at radius 2 is 1.61 bits per heavy atom. The summed E-state index contributed by atoms with van der Waals surface area (Å²) in [6.07, 6.45) is 0.297. The molecule has 2 N–H and O–H groups in total. The Morgan fingerprint density at radius 3 is 2.13 bits per heavy atom. The van der Waals surface area contributed by atoms with E-state index >= 15 is 0 Å². The zero-order valence-electron chi connectivity index (χ0n) is 12.4. The summed E-state index contributed by atoms with van der Waals surface area (Å²) in [7, 11) is -1.82. The van der Waals surface area contributed by atoms with E-state index in [4.69, 9.17) is 0 Å². The fourth-order valence-electron chi connectivity index (χ4n) is 3.30. The van der Waals surface area contributed by atoms with E-state index in [1.165, 1.54) is 6.20 Å². The summed E-state index contributed by atoms with van der Waals surface area (Å²) in [5.74, 6) is -6.00. The molecule has 0 unspecified atom stereocenters. The van der Waals surface area contributed by atoms with E-state index in [0.29, 0.717) is 5.69 Å². The van der Waals surface area contributed by atoms with Crippen molar-refractivity contribution < 1.29 is 27.6 Å². The van der Waals surface area contributed by atoms with Gasteiger partial charge in [0.15, 0.2) is 0 Å². The van der Waals surface area contributed by atoms with E-state index in [9.17, 15) is 27.6 Å². The number of nitrogens with zero attached hydrogens (tertiary/aromatic N) is 2. The lowest BCUT2D eigenvalue weighted by molar-refractivity contribution is -0.0886. The van der Waals surface area contributed by atoms with E-state index in [1.807, 2.05) is 0 Å². The van der Waals surface area contributed by atoms with Crippen LogP contribution < -0.4 is 5.46 Å². The molecule has 2 aliphatic rings. The molecule has 23 heavy (non-hydrogen) atoms. The minimum Gasteiger partial charge on any atom is -0.423 e. The van der Waals surface area contributed by atoms with Crippen molar-refractivity contribution in [2.24, 2.45) is 0 Å². The van der Waals surface area contributed by atoms with Crippen LogP contribution in [0, 0.1) is 0 Å². The van der Waals surface area contributed by atoms with Crippen molar-refractivity contribution in [3.05, 3.63) is 17.7 Å². The van der Waals surface area contributed by atoms with E-state index in [2.05, 4.69) is 9.97 Å². The first-order valence-electron chi connectivity index (χ1n) is 7.65. The van der Waals surface area contributed by atoms with Gasteiger partial charge in [-0.15, -0.1) is 0 Å². The van der Waals surface area contributed by atoms with Gasteiger partial charge in [0.05, 0.1) is 0 Å². The summed E-state index contributed by atoms with van der Waals surface area (Å²) in [4.78, 5) is 8.20. The summed E-state index contributed by atoms with van der Waals surface area (Å²) in [5.41, 5.74) is 0.366. The molecule has 0 radical (unpaired) electrons.